The number of hydrogen-bond acceptors (Lipinski definition) is 4. The molecule has 0 atom stereocenters. The Morgan fingerprint density at radius 2 is 1.96 bits per heavy atom. The quantitative estimate of drug-likeness (QED) is 0.783. The predicted octanol–water partition coefficient (Wildman–Crippen LogP) is 2.89. The van der Waals surface area contributed by atoms with E-state index in [0.29, 0.717) is 23.7 Å². The molecule has 1 aromatic carbocycles. The van der Waals surface area contributed by atoms with E-state index in [-0.39, 0.29) is 18.4 Å². The topological polar surface area (TPSA) is 70.7 Å². The van der Waals surface area contributed by atoms with Gasteiger partial charge in [-0.2, -0.15) is 0 Å². The molecule has 6 heteroatoms. The zero-order valence-electron chi connectivity index (χ0n) is 16.3. The summed E-state index contributed by atoms with van der Waals surface area (Å²) in [6, 6.07) is 5.54. The monoisotopic (exact) mass is 361 g/mol. The maximum absolute atomic E-state index is 12.8. The van der Waals surface area contributed by atoms with Gasteiger partial charge in [-0.1, -0.05) is 20.8 Å². The Bertz CT molecular complexity index is 623. The van der Waals surface area contributed by atoms with Gasteiger partial charge in [0, 0.05) is 38.1 Å². The number of piperidine rings is 1. The average Bonchev–Trinajstić information content (AvgIpc) is 2.60. The summed E-state index contributed by atoms with van der Waals surface area (Å²) in [6.45, 7) is 8.89. The molecule has 2 amide bonds. The number of amides is 2. The molecule has 0 unspecified atom stereocenters. The van der Waals surface area contributed by atoms with Crippen LogP contribution in [0.15, 0.2) is 18.2 Å². The van der Waals surface area contributed by atoms with Crippen molar-refractivity contribution in [2.45, 2.75) is 33.6 Å². The molecule has 2 rings (SSSR count). The summed E-state index contributed by atoms with van der Waals surface area (Å²) in [5.41, 5.74) is 2.15. The van der Waals surface area contributed by atoms with Gasteiger partial charge in [0.05, 0.1) is 5.56 Å². The molecule has 1 fully saturated rings. The van der Waals surface area contributed by atoms with Crippen LogP contribution < -0.4 is 15.5 Å². The van der Waals surface area contributed by atoms with Crippen LogP contribution >= 0.6 is 0 Å². The first-order valence-electron chi connectivity index (χ1n) is 9.36. The van der Waals surface area contributed by atoms with Gasteiger partial charge in [-0.15, -0.1) is 0 Å². The minimum Gasteiger partial charge on any atom is -0.375 e. The number of carbonyl (C=O) groups is 2. The zero-order chi connectivity index (χ0) is 19.1. The molecule has 1 aliphatic heterocycles. The van der Waals surface area contributed by atoms with Gasteiger partial charge < -0.3 is 20.3 Å². The third-order valence-electron chi connectivity index (χ3n) is 4.60. The fourth-order valence-electron chi connectivity index (χ4n) is 3.04. The number of benzene rings is 1. The van der Waals surface area contributed by atoms with Crippen molar-refractivity contribution in [3.8, 4) is 0 Å². The normalized spacial score (nSPS) is 15.2. The van der Waals surface area contributed by atoms with Crippen molar-refractivity contribution >= 4 is 23.2 Å². The number of rotatable bonds is 7. The smallest absolute Gasteiger partial charge is 0.253 e. The van der Waals surface area contributed by atoms with Gasteiger partial charge in [0.25, 0.3) is 5.91 Å². The highest BCUT2D eigenvalue weighted by Gasteiger charge is 2.22. The molecular formula is C20H31N3O3. The van der Waals surface area contributed by atoms with Gasteiger partial charge in [-0.3, -0.25) is 9.59 Å². The van der Waals surface area contributed by atoms with Crippen LogP contribution in [-0.4, -0.2) is 45.2 Å². The second-order valence-electron chi connectivity index (χ2n) is 7.49. The van der Waals surface area contributed by atoms with Crippen LogP contribution in [0.5, 0.6) is 0 Å². The lowest BCUT2D eigenvalue weighted by molar-refractivity contribution is -0.119. The zero-order valence-corrected chi connectivity index (χ0v) is 16.3. The molecule has 1 aromatic rings. The summed E-state index contributed by atoms with van der Waals surface area (Å²) >= 11 is 0. The minimum atomic E-state index is -0.236. The molecule has 0 bridgehead atoms. The highest BCUT2D eigenvalue weighted by atomic mass is 16.5. The minimum absolute atomic E-state index is 0.0132. The van der Waals surface area contributed by atoms with Crippen LogP contribution in [-0.2, 0) is 9.53 Å². The molecule has 1 heterocycles. The number of ether oxygens (including phenoxy) is 1. The first-order chi connectivity index (χ1) is 12.4. The summed E-state index contributed by atoms with van der Waals surface area (Å²) in [4.78, 5) is 26.8. The van der Waals surface area contributed by atoms with Gasteiger partial charge in [-0.05, 0) is 42.9 Å². The summed E-state index contributed by atoms with van der Waals surface area (Å²) in [5.74, 6) is 0.760. The molecule has 144 valence electrons. The second kappa shape index (κ2) is 9.57. The fraction of sp³-hybridized carbons (Fsp3) is 0.600. The van der Waals surface area contributed by atoms with Crippen LogP contribution in [0, 0.1) is 11.8 Å². The SMILES string of the molecule is COCC(=O)Nc1ccc(N2CCC(C)CC2)c(C(=O)NCC(C)C)c1. The van der Waals surface area contributed by atoms with E-state index in [0.717, 1.165) is 37.5 Å². The number of anilines is 2. The van der Waals surface area contributed by atoms with Crippen LogP contribution in [0.2, 0.25) is 0 Å². The van der Waals surface area contributed by atoms with Crippen LogP contribution in [0.25, 0.3) is 0 Å². The van der Waals surface area contributed by atoms with E-state index < -0.39 is 0 Å². The number of carbonyl (C=O) groups excluding carboxylic acids is 2. The van der Waals surface area contributed by atoms with E-state index in [1.165, 1.54) is 7.11 Å². The third-order valence-corrected chi connectivity index (χ3v) is 4.60. The molecule has 26 heavy (non-hydrogen) atoms. The van der Waals surface area contributed by atoms with Crippen LogP contribution in [0.3, 0.4) is 0 Å². The highest BCUT2D eigenvalue weighted by molar-refractivity contribution is 6.02. The summed E-state index contributed by atoms with van der Waals surface area (Å²) in [7, 11) is 1.48. The van der Waals surface area contributed by atoms with Crippen LogP contribution in [0.1, 0.15) is 44.0 Å². The molecule has 0 saturated carbocycles. The van der Waals surface area contributed by atoms with Crippen molar-refractivity contribution in [3.63, 3.8) is 0 Å². The lowest BCUT2D eigenvalue weighted by Crippen LogP contribution is -2.35. The van der Waals surface area contributed by atoms with Crippen molar-refractivity contribution in [1.29, 1.82) is 0 Å². The first-order valence-corrected chi connectivity index (χ1v) is 9.36. The Balaban J connectivity index is 2.24. The molecule has 0 aromatic heterocycles. The van der Waals surface area contributed by atoms with Gasteiger partial charge in [0.1, 0.15) is 6.61 Å². The van der Waals surface area contributed by atoms with Crippen LogP contribution in [0.4, 0.5) is 11.4 Å². The summed E-state index contributed by atoms with van der Waals surface area (Å²) in [6.07, 6.45) is 2.25. The van der Waals surface area contributed by atoms with Gasteiger partial charge in [-0.25, -0.2) is 0 Å². The Kier molecular flexibility index (Phi) is 7.45. The number of methoxy groups -OCH3 is 1. The molecule has 0 aliphatic carbocycles. The molecular weight excluding hydrogens is 330 g/mol. The van der Waals surface area contributed by atoms with Crippen molar-refractivity contribution in [2.75, 3.05) is 43.6 Å². The van der Waals surface area contributed by atoms with Crippen molar-refractivity contribution in [3.05, 3.63) is 23.8 Å². The number of nitrogens with zero attached hydrogens (tertiary/aromatic N) is 1. The van der Waals surface area contributed by atoms with Gasteiger partial charge >= 0.3 is 0 Å². The molecule has 1 aliphatic rings. The third kappa shape index (κ3) is 5.73. The van der Waals surface area contributed by atoms with E-state index >= 15 is 0 Å². The summed E-state index contributed by atoms with van der Waals surface area (Å²) < 4.78 is 4.85. The Hall–Kier alpha value is -2.08. The van der Waals surface area contributed by atoms with E-state index in [2.05, 4.69) is 36.3 Å². The largest absolute Gasteiger partial charge is 0.375 e. The van der Waals surface area contributed by atoms with E-state index in [9.17, 15) is 9.59 Å². The molecule has 0 spiro atoms. The van der Waals surface area contributed by atoms with Gasteiger partial charge in [0.15, 0.2) is 0 Å². The molecule has 6 nitrogen and oxygen atoms in total. The Labute approximate surface area is 156 Å². The van der Waals surface area contributed by atoms with Gasteiger partial charge in [0.2, 0.25) is 5.91 Å². The number of hydrogen-bond donors (Lipinski definition) is 2. The summed E-state index contributed by atoms with van der Waals surface area (Å²) in [5, 5.41) is 5.77. The Morgan fingerprint density at radius 1 is 1.27 bits per heavy atom. The molecule has 2 N–H and O–H groups in total. The van der Waals surface area contributed by atoms with Crippen molar-refractivity contribution in [2.24, 2.45) is 11.8 Å². The van der Waals surface area contributed by atoms with E-state index in [4.69, 9.17) is 4.74 Å². The molecule has 1 saturated heterocycles. The lowest BCUT2D eigenvalue weighted by Gasteiger charge is -2.33. The Morgan fingerprint density at radius 3 is 2.58 bits per heavy atom. The van der Waals surface area contributed by atoms with Crippen molar-refractivity contribution < 1.29 is 14.3 Å². The predicted molar refractivity (Wildman–Crippen MR) is 105 cm³/mol. The van der Waals surface area contributed by atoms with Crippen molar-refractivity contribution in [1.82, 2.24) is 5.32 Å². The fourth-order valence-corrected chi connectivity index (χ4v) is 3.04. The second-order valence-corrected chi connectivity index (χ2v) is 7.49. The molecule has 0 radical (unpaired) electrons. The van der Waals surface area contributed by atoms with E-state index in [1.807, 2.05) is 12.1 Å². The maximum atomic E-state index is 12.8. The van der Waals surface area contributed by atoms with E-state index in [1.54, 1.807) is 6.07 Å². The highest BCUT2D eigenvalue weighted by Crippen LogP contribution is 2.28. The first kappa shape index (κ1) is 20.2. The average molecular weight is 361 g/mol. The lowest BCUT2D eigenvalue weighted by atomic mass is 9.97. The standard InChI is InChI=1S/C20H31N3O3/c1-14(2)12-21-20(25)17-11-16(22-19(24)13-26-4)5-6-18(17)23-9-7-15(3)8-10-23/h5-6,11,14-15H,7-10,12-13H2,1-4H3,(H,21,25)(H,22,24). The maximum Gasteiger partial charge on any atom is 0.253 e. The number of nitrogens with one attached hydrogen (secondary N) is 2.